The predicted molar refractivity (Wildman–Crippen MR) is 130 cm³/mol. The molecule has 0 bridgehead atoms. The Labute approximate surface area is 191 Å². The molecule has 1 fully saturated rings. The highest BCUT2D eigenvalue weighted by molar-refractivity contribution is 6.13. The van der Waals surface area contributed by atoms with Gasteiger partial charge in [-0.05, 0) is 63.5 Å². The molecule has 2 amide bonds. The van der Waals surface area contributed by atoms with E-state index in [9.17, 15) is 9.59 Å². The number of nitrogens with zero attached hydrogens (tertiary/aromatic N) is 3. The van der Waals surface area contributed by atoms with Gasteiger partial charge in [0.05, 0.1) is 17.1 Å². The van der Waals surface area contributed by atoms with Crippen molar-refractivity contribution in [2.75, 3.05) is 42.9 Å². The minimum atomic E-state index is -0.0950. The fraction of sp³-hybridized carbons (Fsp3) is 0.538. The van der Waals surface area contributed by atoms with Gasteiger partial charge in [0, 0.05) is 31.1 Å². The number of allylic oxidation sites excluding steroid dienone is 2. The first-order chi connectivity index (χ1) is 15.6. The van der Waals surface area contributed by atoms with Crippen LogP contribution >= 0.6 is 0 Å². The molecule has 6 heteroatoms. The average molecular weight is 437 g/mol. The molecule has 0 saturated carbocycles. The Balaban J connectivity index is 1.54. The van der Waals surface area contributed by atoms with Crippen LogP contribution < -0.4 is 10.2 Å². The lowest BCUT2D eigenvalue weighted by Gasteiger charge is -2.38. The number of fused-ring (bicyclic) bond motifs is 1. The first-order valence-corrected chi connectivity index (χ1v) is 12.2. The number of likely N-dealkylation sites (tertiary alicyclic amines) is 1. The van der Waals surface area contributed by atoms with E-state index < -0.39 is 0 Å². The van der Waals surface area contributed by atoms with Crippen molar-refractivity contribution >= 4 is 23.2 Å². The summed E-state index contributed by atoms with van der Waals surface area (Å²) in [5.74, 6) is -0.0393. The Bertz CT molecular complexity index is 903. The van der Waals surface area contributed by atoms with Crippen LogP contribution in [-0.2, 0) is 9.59 Å². The second-order valence-electron chi connectivity index (χ2n) is 8.93. The highest BCUT2D eigenvalue weighted by Gasteiger charge is 2.32. The van der Waals surface area contributed by atoms with E-state index >= 15 is 0 Å². The second kappa shape index (κ2) is 10.5. The largest absolute Gasteiger partial charge is 0.320 e. The minimum absolute atomic E-state index is 0.0557. The number of benzene rings is 1. The SMILES string of the molecule is CCN(CC)CC1CCCCN1CCC(=O)N1C2=C(CCC=C2)C(=O)Nc2ccccc21. The standard InChI is InChI=1S/C26H36N4O2/c1-3-28(4-2)19-20-11-9-10-17-29(20)18-16-25(31)30-23-14-7-5-12-21(23)26(32)27-22-13-6-8-15-24(22)30/h6-8,13-15,20H,3-5,9-12,16-19H2,1-2H3,(H,27,32). The molecule has 6 nitrogen and oxygen atoms in total. The van der Waals surface area contributed by atoms with Gasteiger partial charge in [-0.1, -0.05) is 38.5 Å². The van der Waals surface area contributed by atoms with E-state index in [0.29, 0.717) is 30.1 Å². The van der Waals surface area contributed by atoms with E-state index in [-0.39, 0.29) is 11.8 Å². The fourth-order valence-corrected chi connectivity index (χ4v) is 5.15. The molecule has 1 saturated heterocycles. The number of rotatable bonds is 7. The zero-order valence-corrected chi connectivity index (χ0v) is 19.5. The highest BCUT2D eigenvalue weighted by atomic mass is 16.2. The molecule has 3 aliphatic rings. The van der Waals surface area contributed by atoms with Crippen LogP contribution in [0.15, 0.2) is 47.7 Å². The van der Waals surface area contributed by atoms with Gasteiger partial charge >= 0.3 is 0 Å². The van der Waals surface area contributed by atoms with Crippen LogP contribution in [0.2, 0.25) is 0 Å². The zero-order valence-electron chi connectivity index (χ0n) is 19.5. The Morgan fingerprint density at radius 1 is 1.19 bits per heavy atom. The van der Waals surface area contributed by atoms with E-state index in [1.807, 2.05) is 30.3 Å². The molecule has 0 spiro atoms. The van der Waals surface area contributed by atoms with Gasteiger partial charge in [-0.25, -0.2) is 0 Å². The lowest BCUT2D eigenvalue weighted by atomic mass is 10.00. The maximum atomic E-state index is 13.6. The van der Waals surface area contributed by atoms with Gasteiger partial charge < -0.3 is 10.2 Å². The van der Waals surface area contributed by atoms with Crippen molar-refractivity contribution in [1.29, 1.82) is 0 Å². The topological polar surface area (TPSA) is 55.9 Å². The monoisotopic (exact) mass is 436 g/mol. The molecular weight excluding hydrogens is 400 g/mol. The molecule has 2 heterocycles. The van der Waals surface area contributed by atoms with Gasteiger partial charge in [-0.3, -0.25) is 19.4 Å². The van der Waals surface area contributed by atoms with Crippen molar-refractivity contribution in [2.24, 2.45) is 0 Å². The number of hydrogen-bond donors (Lipinski definition) is 1. The normalized spacial score (nSPS) is 21.3. The van der Waals surface area contributed by atoms with E-state index in [0.717, 1.165) is 50.5 Å². The van der Waals surface area contributed by atoms with Crippen molar-refractivity contribution in [3.8, 4) is 0 Å². The van der Waals surface area contributed by atoms with Crippen molar-refractivity contribution < 1.29 is 9.59 Å². The maximum Gasteiger partial charge on any atom is 0.253 e. The third-order valence-electron chi connectivity index (χ3n) is 7.03. The average Bonchev–Trinajstić information content (AvgIpc) is 2.95. The maximum absolute atomic E-state index is 13.6. The summed E-state index contributed by atoms with van der Waals surface area (Å²) in [7, 11) is 0. The number of carbonyl (C=O) groups excluding carboxylic acids is 2. The summed E-state index contributed by atoms with van der Waals surface area (Å²) in [6, 6.07) is 8.14. The fourth-order valence-electron chi connectivity index (χ4n) is 5.15. The smallest absolute Gasteiger partial charge is 0.253 e. The van der Waals surface area contributed by atoms with Gasteiger partial charge in [0.1, 0.15) is 0 Å². The summed E-state index contributed by atoms with van der Waals surface area (Å²) in [6.07, 6.45) is 9.61. The van der Waals surface area contributed by atoms with Gasteiger partial charge in [-0.2, -0.15) is 0 Å². The van der Waals surface area contributed by atoms with Crippen LogP contribution in [-0.4, -0.2) is 60.4 Å². The molecule has 4 rings (SSSR count). The number of likely N-dealkylation sites (N-methyl/N-ethyl adjacent to an activating group) is 1. The number of carbonyl (C=O) groups is 2. The molecule has 172 valence electrons. The Kier molecular flexibility index (Phi) is 7.43. The van der Waals surface area contributed by atoms with Crippen LogP contribution in [0.25, 0.3) is 0 Å². The molecular formula is C26H36N4O2. The Morgan fingerprint density at radius 2 is 2.00 bits per heavy atom. The molecule has 1 aliphatic carbocycles. The summed E-state index contributed by atoms with van der Waals surface area (Å²) in [4.78, 5) is 33.2. The number of hydrogen-bond acceptors (Lipinski definition) is 4. The number of piperidine rings is 1. The predicted octanol–water partition coefficient (Wildman–Crippen LogP) is 4.16. The van der Waals surface area contributed by atoms with Crippen molar-refractivity contribution in [2.45, 2.75) is 58.4 Å². The van der Waals surface area contributed by atoms with Crippen LogP contribution in [0.5, 0.6) is 0 Å². The van der Waals surface area contributed by atoms with E-state index in [1.165, 1.54) is 19.3 Å². The number of para-hydroxylation sites is 2. The van der Waals surface area contributed by atoms with E-state index in [1.54, 1.807) is 4.90 Å². The van der Waals surface area contributed by atoms with Crippen molar-refractivity contribution in [3.63, 3.8) is 0 Å². The summed E-state index contributed by atoms with van der Waals surface area (Å²) in [5.41, 5.74) is 2.91. The quantitative estimate of drug-likeness (QED) is 0.697. The molecule has 1 aromatic rings. The third-order valence-corrected chi connectivity index (χ3v) is 7.03. The molecule has 0 radical (unpaired) electrons. The van der Waals surface area contributed by atoms with Crippen LogP contribution in [0, 0.1) is 0 Å². The van der Waals surface area contributed by atoms with Gasteiger partial charge in [0.15, 0.2) is 0 Å². The Hall–Kier alpha value is -2.44. The minimum Gasteiger partial charge on any atom is -0.320 e. The molecule has 1 unspecified atom stereocenters. The molecule has 1 aromatic carbocycles. The van der Waals surface area contributed by atoms with E-state index in [4.69, 9.17) is 0 Å². The highest BCUT2D eigenvalue weighted by Crippen LogP contribution is 2.36. The number of anilines is 2. The van der Waals surface area contributed by atoms with Gasteiger partial charge in [0.2, 0.25) is 5.91 Å². The van der Waals surface area contributed by atoms with Gasteiger partial charge in [-0.15, -0.1) is 0 Å². The number of amides is 2. The summed E-state index contributed by atoms with van der Waals surface area (Å²) in [6.45, 7) is 9.46. The molecule has 1 N–H and O–H groups in total. The van der Waals surface area contributed by atoms with E-state index in [2.05, 4.69) is 35.0 Å². The van der Waals surface area contributed by atoms with Gasteiger partial charge in [0.25, 0.3) is 5.91 Å². The van der Waals surface area contributed by atoms with Crippen LogP contribution in [0.4, 0.5) is 11.4 Å². The lowest BCUT2D eigenvalue weighted by Crippen LogP contribution is -2.48. The van der Waals surface area contributed by atoms with Crippen LogP contribution in [0.3, 0.4) is 0 Å². The summed E-state index contributed by atoms with van der Waals surface area (Å²) >= 11 is 0. The molecule has 32 heavy (non-hydrogen) atoms. The molecule has 2 aliphatic heterocycles. The molecule has 1 atom stereocenters. The third kappa shape index (κ3) is 4.81. The second-order valence-corrected chi connectivity index (χ2v) is 8.93. The van der Waals surface area contributed by atoms with Crippen LogP contribution in [0.1, 0.15) is 52.4 Å². The zero-order chi connectivity index (χ0) is 22.5. The molecule has 0 aromatic heterocycles. The summed E-state index contributed by atoms with van der Waals surface area (Å²) < 4.78 is 0. The summed E-state index contributed by atoms with van der Waals surface area (Å²) in [5, 5.41) is 3.01. The number of nitrogens with one attached hydrogen (secondary N) is 1. The first kappa shape index (κ1) is 22.7. The first-order valence-electron chi connectivity index (χ1n) is 12.2. The Morgan fingerprint density at radius 3 is 2.81 bits per heavy atom. The van der Waals surface area contributed by atoms with Crippen molar-refractivity contribution in [1.82, 2.24) is 9.80 Å². The lowest BCUT2D eigenvalue weighted by molar-refractivity contribution is -0.118. The van der Waals surface area contributed by atoms with Crippen molar-refractivity contribution in [3.05, 3.63) is 47.7 Å².